The van der Waals surface area contributed by atoms with Crippen LogP contribution in [0.25, 0.3) is 0 Å². The molecule has 0 saturated heterocycles. The highest BCUT2D eigenvalue weighted by atomic mass is 14.8. The average Bonchev–Trinajstić information content (AvgIpc) is 2.33. The Kier molecular flexibility index (Phi) is 2.94. The second-order valence-corrected chi connectivity index (χ2v) is 4.63. The molecule has 1 atom stereocenters. The van der Waals surface area contributed by atoms with E-state index in [0.717, 1.165) is 11.1 Å². The van der Waals surface area contributed by atoms with Crippen molar-refractivity contribution in [1.82, 2.24) is 9.97 Å². The maximum atomic E-state index is 6.40. The van der Waals surface area contributed by atoms with Crippen LogP contribution in [-0.4, -0.2) is 9.97 Å². The van der Waals surface area contributed by atoms with Crippen molar-refractivity contribution in [3.8, 4) is 0 Å². The second-order valence-electron chi connectivity index (χ2n) is 4.63. The molecule has 17 heavy (non-hydrogen) atoms. The fourth-order valence-corrected chi connectivity index (χ4v) is 1.80. The Bertz CT molecular complexity index is 518. The molecule has 0 radical (unpaired) electrons. The van der Waals surface area contributed by atoms with Crippen molar-refractivity contribution in [3.05, 3.63) is 59.2 Å². The summed E-state index contributed by atoms with van der Waals surface area (Å²) in [6.45, 7) is 6.17. The molecule has 2 N–H and O–H groups in total. The second kappa shape index (κ2) is 4.26. The van der Waals surface area contributed by atoms with Crippen molar-refractivity contribution >= 4 is 0 Å². The summed E-state index contributed by atoms with van der Waals surface area (Å²) in [7, 11) is 0. The molecule has 0 aliphatic heterocycles. The quantitative estimate of drug-likeness (QED) is 0.856. The van der Waals surface area contributed by atoms with E-state index in [0.29, 0.717) is 0 Å². The Balaban J connectivity index is 2.48. The number of rotatable bonds is 2. The summed E-state index contributed by atoms with van der Waals surface area (Å²) in [6.07, 6.45) is 5.05. The van der Waals surface area contributed by atoms with Crippen molar-refractivity contribution in [1.29, 1.82) is 0 Å². The smallest absolute Gasteiger partial charge is 0.115 e. The normalized spacial score (nSPS) is 14.4. The van der Waals surface area contributed by atoms with Gasteiger partial charge in [-0.15, -0.1) is 0 Å². The molecule has 88 valence electrons. The van der Waals surface area contributed by atoms with Crippen molar-refractivity contribution in [3.63, 3.8) is 0 Å². The monoisotopic (exact) mass is 227 g/mol. The SMILES string of the molecule is Cc1ccc(C(C)(N)c2cncnc2)cc1C. The molecule has 3 nitrogen and oxygen atoms in total. The van der Waals surface area contributed by atoms with Crippen molar-refractivity contribution in [2.24, 2.45) is 5.73 Å². The van der Waals surface area contributed by atoms with Gasteiger partial charge >= 0.3 is 0 Å². The van der Waals surface area contributed by atoms with Gasteiger partial charge in [-0.3, -0.25) is 0 Å². The predicted molar refractivity (Wildman–Crippen MR) is 68.6 cm³/mol. The molecule has 2 aromatic rings. The first-order valence-corrected chi connectivity index (χ1v) is 5.64. The summed E-state index contributed by atoms with van der Waals surface area (Å²) in [5.41, 5.74) is 10.4. The molecule has 1 aromatic carbocycles. The minimum atomic E-state index is -0.556. The lowest BCUT2D eigenvalue weighted by Gasteiger charge is -2.25. The zero-order valence-corrected chi connectivity index (χ0v) is 10.4. The fourth-order valence-electron chi connectivity index (χ4n) is 1.80. The van der Waals surface area contributed by atoms with Gasteiger partial charge in [0.15, 0.2) is 0 Å². The van der Waals surface area contributed by atoms with E-state index in [1.54, 1.807) is 12.4 Å². The Labute approximate surface area is 102 Å². The zero-order chi connectivity index (χ0) is 12.5. The van der Waals surface area contributed by atoms with E-state index in [4.69, 9.17) is 5.73 Å². The van der Waals surface area contributed by atoms with Gasteiger partial charge in [-0.1, -0.05) is 18.2 Å². The Morgan fingerprint density at radius 2 is 1.65 bits per heavy atom. The van der Waals surface area contributed by atoms with Gasteiger partial charge in [-0.25, -0.2) is 9.97 Å². The highest BCUT2D eigenvalue weighted by Gasteiger charge is 2.24. The number of nitrogens with zero attached hydrogens (tertiary/aromatic N) is 2. The first-order valence-electron chi connectivity index (χ1n) is 5.64. The minimum absolute atomic E-state index is 0.556. The van der Waals surface area contributed by atoms with Gasteiger partial charge in [-0.05, 0) is 37.5 Å². The lowest BCUT2D eigenvalue weighted by Crippen LogP contribution is -2.34. The summed E-state index contributed by atoms with van der Waals surface area (Å²) < 4.78 is 0. The first kappa shape index (κ1) is 11.7. The van der Waals surface area contributed by atoms with Crippen LogP contribution in [0.2, 0.25) is 0 Å². The molecular formula is C14H17N3. The van der Waals surface area contributed by atoms with Crippen molar-refractivity contribution < 1.29 is 0 Å². The van der Waals surface area contributed by atoms with Gasteiger partial charge < -0.3 is 5.73 Å². The number of hydrogen-bond donors (Lipinski definition) is 1. The highest BCUT2D eigenvalue weighted by Crippen LogP contribution is 2.26. The van der Waals surface area contributed by atoms with E-state index in [9.17, 15) is 0 Å². The van der Waals surface area contributed by atoms with Crippen LogP contribution in [0.3, 0.4) is 0 Å². The number of hydrogen-bond acceptors (Lipinski definition) is 3. The molecule has 0 bridgehead atoms. The van der Waals surface area contributed by atoms with E-state index in [-0.39, 0.29) is 0 Å². The number of aryl methyl sites for hydroxylation is 2. The lowest BCUT2D eigenvalue weighted by atomic mass is 9.86. The van der Waals surface area contributed by atoms with E-state index in [2.05, 4.69) is 42.0 Å². The third-order valence-corrected chi connectivity index (χ3v) is 3.27. The molecule has 0 aliphatic carbocycles. The van der Waals surface area contributed by atoms with Gasteiger partial charge in [0.05, 0.1) is 5.54 Å². The largest absolute Gasteiger partial charge is 0.318 e. The van der Waals surface area contributed by atoms with Gasteiger partial charge in [0.2, 0.25) is 0 Å². The van der Waals surface area contributed by atoms with Crippen LogP contribution in [0.5, 0.6) is 0 Å². The molecule has 0 amide bonds. The fraction of sp³-hybridized carbons (Fsp3) is 0.286. The lowest BCUT2D eigenvalue weighted by molar-refractivity contribution is 0.596. The zero-order valence-electron chi connectivity index (χ0n) is 10.4. The van der Waals surface area contributed by atoms with Crippen LogP contribution in [0.4, 0.5) is 0 Å². The molecule has 1 unspecified atom stereocenters. The molecule has 1 aromatic heterocycles. The Morgan fingerprint density at radius 3 is 2.24 bits per heavy atom. The summed E-state index contributed by atoms with van der Waals surface area (Å²) in [4.78, 5) is 8.05. The number of nitrogens with two attached hydrogens (primary N) is 1. The minimum Gasteiger partial charge on any atom is -0.318 e. The molecule has 0 aliphatic rings. The summed E-state index contributed by atoms with van der Waals surface area (Å²) in [6, 6.07) is 6.29. The third-order valence-electron chi connectivity index (χ3n) is 3.27. The average molecular weight is 227 g/mol. The van der Waals surface area contributed by atoms with Crippen LogP contribution < -0.4 is 5.73 Å². The van der Waals surface area contributed by atoms with Gasteiger partial charge in [0.25, 0.3) is 0 Å². The molecule has 0 spiro atoms. The van der Waals surface area contributed by atoms with Gasteiger partial charge in [0, 0.05) is 18.0 Å². The number of benzene rings is 1. The standard InChI is InChI=1S/C14H17N3/c1-10-4-5-12(6-11(10)2)14(3,15)13-7-16-9-17-8-13/h4-9H,15H2,1-3H3. The topological polar surface area (TPSA) is 51.8 Å². The van der Waals surface area contributed by atoms with Gasteiger partial charge in [0.1, 0.15) is 6.33 Å². The molecule has 1 heterocycles. The van der Waals surface area contributed by atoms with Crippen LogP contribution in [0.1, 0.15) is 29.2 Å². The molecular weight excluding hydrogens is 210 g/mol. The van der Waals surface area contributed by atoms with E-state index in [1.807, 2.05) is 6.92 Å². The summed E-state index contributed by atoms with van der Waals surface area (Å²) >= 11 is 0. The summed E-state index contributed by atoms with van der Waals surface area (Å²) in [5.74, 6) is 0. The number of aromatic nitrogens is 2. The highest BCUT2D eigenvalue weighted by molar-refractivity contribution is 5.39. The molecule has 0 fully saturated rings. The summed E-state index contributed by atoms with van der Waals surface area (Å²) in [5, 5.41) is 0. The van der Waals surface area contributed by atoms with E-state index < -0.39 is 5.54 Å². The Morgan fingerprint density at radius 1 is 1.00 bits per heavy atom. The van der Waals surface area contributed by atoms with Crippen LogP contribution >= 0.6 is 0 Å². The van der Waals surface area contributed by atoms with Crippen LogP contribution in [-0.2, 0) is 5.54 Å². The molecule has 2 rings (SSSR count). The first-order chi connectivity index (χ1) is 8.01. The van der Waals surface area contributed by atoms with E-state index >= 15 is 0 Å². The van der Waals surface area contributed by atoms with Crippen LogP contribution in [0.15, 0.2) is 36.9 Å². The molecule has 0 saturated carbocycles. The van der Waals surface area contributed by atoms with Crippen LogP contribution in [0, 0.1) is 13.8 Å². The van der Waals surface area contributed by atoms with Crippen molar-refractivity contribution in [2.45, 2.75) is 26.3 Å². The Hall–Kier alpha value is -1.74. The maximum absolute atomic E-state index is 6.40. The van der Waals surface area contributed by atoms with E-state index in [1.165, 1.54) is 17.5 Å². The predicted octanol–water partition coefficient (Wildman–Crippen LogP) is 2.32. The molecule has 3 heteroatoms. The third kappa shape index (κ3) is 2.19. The maximum Gasteiger partial charge on any atom is 0.115 e. The van der Waals surface area contributed by atoms with Gasteiger partial charge in [-0.2, -0.15) is 0 Å². The van der Waals surface area contributed by atoms with Crippen molar-refractivity contribution in [2.75, 3.05) is 0 Å².